The zero-order valence-electron chi connectivity index (χ0n) is 6.46. The number of aromatic nitrogens is 1. The van der Waals surface area contributed by atoms with Gasteiger partial charge in [0, 0.05) is 20.3 Å². The molecule has 0 atom stereocenters. The maximum atomic E-state index is 10.4. The number of anilines is 1. The van der Waals surface area contributed by atoms with Gasteiger partial charge in [0.15, 0.2) is 0 Å². The predicted octanol–water partition coefficient (Wildman–Crippen LogP) is 0.765. The lowest BCUT2D eigenvalue weighted by atomic mass is 10.3. The van der Waals surface area contributed by atoms with Crippen LogP contribution in [0.2, 0.25) is 0 Å². The molecule has 0 bridgehead atoms. The standard InChI is InChI=1S/C7H10N2O2/c1-8-6-3-5(7(10)11)4-9(6)2/h3-4,8H,1-2H3,(H,10,11). The van der Waals surface area contributed by atoms with E-state index in [1.165, 1.54) is 0 Å². The number of carboxylic acids is 1. The number of hydrogen-bond donors (Lipinski definition) is 2. The summed E-state index contributed by atoms with van der Waals surface area (Å²) in [4.78, 5) is 10.4. The Balaban J connectivity index is 3.05. The van der Waals surface area contributed by atoms with Gasteiger partial charge in [-0.25, -0.2) is 4.79 Å². The van der Waals surface area contributed by atoms with Crippen LogP contribution in [0.1, 0.15) is 10.4 Å². The zero-order chi connectivity index (χ0) is 8.43. The summed E-state index contributed by atoms with van der Waals surface area (Å²) in [5.74, 6) is -0.107. The Morgan fingerprint density at radius 1 is 1.73 bits per heavy atom. The minimum absolute atomic E-state index is 0.303. The number of rotatable bonds is 2. The zero-order valence-corrected chi connectivity index (χ0v) is 6.46. The second-order valence-corrected chi connectivity index (χ2v) is 2.28. The molecular formula is C7H10N2O2. The first-order chi connectivity index (χ1) is 5.15. The number of carboxylic acid groups (broad SMARTS) is 1. The van der Waals surface area contributed by atoms with Crippen molar-refractivity contribution in [2.24, 2.45) is 7.05 Å². The fourth-order valence-electron chi connectivity index (χ4n) is 0.930. The van der Waals surface area contributed by atoms with E-state index in [1.54, 1.807) is 30.9 Å². The third kappa shape index (κ3) is 1.34. The number of carbonyl (C=O) groups is 1. The second kappa shape index (κ2) is 2.65. The topological polar surface area (TPSA) is 54.3 Å². The first-order valence-corrected chi connectivity index (χ1v) is 3.22. The maximum Gasteiger partial charge on any atom is 0.337 e. The Labute approximate surface area is 64.5 Å². The molecule has 0 aliphatic rings. The highest BCUT2D eigenvalue weighted by atomic mass is 16.4. The van der Waals surface area contributed by atoms with Gasteiger partial charge in [0.1, 0.15) is 5.82 Å². The molecule has 11 heavy (non-hydrogen) atoms. The van der Waals surface area contributed by atoms with E-state index in [2.05, 4.69) is 5.32 Å². The number of hydrogen-bond acceptors (Lipinski definition) is 2. The van der Waals surface area contributed by atoms with E-state index in [4.69, 9.17) is 5.11 Å². The van der Waals surface area contributed by atoms with Gasteiger partial charge in [-0.15, -0.1) is 0 Å². The molecule has 1 heterocycles. The summed E-state index contributed by atoms with van der Waals surface area (Å²) < 4.78 is 1.73. The molecule has 1 aromatic heterocycles. The van der Waals surface area contributed by atoms with Crippen LogP contribution in [0.25, 0.3) is 0 Å². The number of aryl methyl sites for hydroxylation is 1. The Morgan fingerprint density at radius 2 is 2.36 bits per heavy atom. The smallest absolute Gasteiger partial charge is 0.337 e. The lowest BCUT2D eigenvalue weighted by Crippen LogP contribution is -1.94. The van der Waals surface area contributed by atoms with Crippen molar-refractivity contribution in [1.82, 2.24) is 4.57 Å². The van der Waals surface area contributed by atoms with Crippen molar-refractivity contribution in [3.8, 4) is 0 Å². The summed E-state index contributed by atoms with van der Waals surface area (Å²) in [7, 11) is 3.54. The molecule has 1 rings (SSSR count). The molecule has 0 saturated carbocycles. The van der Waals surface area contributed by atoms with Gasteiger partial charge in [-0.05, 0) is 6.07 Å². The molecule has 0 spiro atoms. The summed E-state index contributed by atoms with van der Waals surface area (Å²) in [5.41, 5.74) is 0.303. The van der Waals surface area contributed by atoms with Crippen molar-refractivity contribution in [2.75, 3.05) is 12.4 Å². The van der Waals surface area contributed by atoms with Gasteiger partial charge in [-0.3, -0.25) is 0 Å². The van der Waals surface area contributed by atoms with Crippen molar-refractivity contribution >= 4 is 11.8 Å². The molecule has 0 radical (unpaired) electrons. The van der Waals surface area contributed by atoms with Crippen LogP contribution in [-0.2, 0) is 7.05 Å². The highest BCUT2D eigenvalue weighted by molar-refractivity contribution is 5.88. The van der Waals surface area contributed by atoms with Crippen LogP contribution in [0.3, 0.4) is 0 Å². The molecule has 4 nitrogen and oxygen atoms in total. The van der Waals surface area contributed by atoms with E-state index in [0.29, 0.717) is 5.56 Å². The number of nitrogens with one attached hydrogen (secondary N) is 1. The minimum Gasteiger partial charge on any atom is -0.478 e. The lowest BCUT2D eigenvalue weighted by Gasteiger charge is -1.97. The molecule has 0 aliphatic carbocycles. The molecule has 0 unspecified atom stereocenters. The van der Waals surface area contributed by atoms with E-state index in [0.717, 1.165) is 5.82 Å². The summed E-state index contributed by atoms with van der Waals surface area (Å²) >= 11 is 0. The van der Waals surface area contributed by atoms with Gasteiger partial charge in [-0.2, -0.15) is 0 Å². The molecule has 0 amide bonds. The van der Waals surface area contributed by atoms with Crippen LogP contribution in [0.5, 0.6) is 0 Å². The van der Waals surface area contributed by atoms with Crippen LogP contribution in [0.4, 0.5) is 5.82 Å². The highest BCUT2D eigenvalue weighted by Gasteiger charge is 2.06. The highest BCUT2D eigenvalue weighted by Crippen LogP contribution is 2.10. The summed E-state index contributed by atoms with van der Waals surface area (Å²) in [6, 6.07) is 1.59. The number of aromatic carboxylic acids is 1. The van der Waals surface area contributed by atoms with Crippen molar-refractivity contribution in [2.45, 2.75) is 0 Å². The molecule has 0 saturated heterocycles. The van der Waals surface area contributed by atoms with E-state index >= 15 is 0 Å². The first kappa shape index (κ1) is 7.65. The SMILES string of the molecule is CNc1cc(C(=O)O)cn1C. The van der Waals surface area contributed by atoms with E-state index in [1.807, 2.05) is 0 Å². The van der Waals surface area contributed by atoms with E-state index in [-0.39, 0.29) is 0 Å². The van der Waals surface area contributed by atoms with E-state index < -0.39 is 5.97 Å². The molecule has 1 aromatic rings. The largest absolute Gasteiger partial charge is 0.478 e. The van der Waals surface area contributed by atoms with Crippen molar-refractivity contribution in [1.29, 1.82) is 0 Å². The third-order valence-electron chi connectivity index (χ3n) is 1.51. The molecular weight excluding hydrogens is 144 g/mol. The van der Waals surface area contributed by atoms with Gasteiger partial charge >= 0.3 is 5.97 Å². The Hall–Kier alpha value is -1.45. The predicted molar refractivity (Wildman–Crippen MR) is 41.9 cm³/mol. The minimum atomic E-state index is -0.901. The fraction of sp³-hybridized carbons (Fsp3) is 0.286. The van der Waals surface area contributed by atoms with Crippen LogP contribution in [0, 0.1) is 0 Å². The van der Waals surface area contributed by atoms with Gasteiger partial charge in [0.25, 0.3) is 0 Å². The van der Waals surface area contributed by atoms with Crippen molar-refractivity contribution in [3.05, 3.63) is 17.8 Å². The summed E-state index contributed by atoms with van der Waals surface area (Å²) in [6.45, 7) is 0. The van der Waals surface area contributed by atoms with Crippen LogP contribution < -0.4 is 5.32 Å². The Morgan fingerprint density at radius 3 is 2.64 bits per heavy atom. The van der Waals surface area contributed by atoms with Gasteiger partial charge in [0.2, 0.25) is 0 Å². The normalized spacial score (nSPS) is 9.64. The fourth-order valence-corrected chi connectivity index (χ4v) is 0.930. The van der Waals surface area contributed by atoms with Crippen LogP contribution >= 0.6 is 0 Å². The summed E-state index contributed by atoms with van der Waals surface area (Å²) in [5, 5.41) is 11.4. The monoisotopic (exact) mass is 154 g/mol. The molecule has 4 heteroatoms. The third-order valence-corrected chi connectivity index (χ3v) is 1.51. The molecule has 0 aromatic carbocycles. The van der Waals surface area contributed by atoms with Gasteiger partial charge in [-0.1, -0.05) is 0 Å². The Kier molecular flexibility index (Phi) is 1.85. The van der Waals surface area contributed by atoms with E-state index in [9.17, 15) is 4.79 Å². The second-order valence-electron chi connectivity index (χ2n) is 2.28. The van der Waals surface area contributed by atoms with Crippen LogP contribution in [0.15, 0.2) is 12.3 Å². The average molecular weight is 154 g/mol. The van der Waals surface area contributed by atoms with Gasteiger partial charge < -0.3 is 15.0 Å². The average Bonchev–Trinajstić information content (AvgIpc) is 2.31. The quantitative estimate of drug-likeness (QED) is 0.661. The molecule has 60 valence electrons. The maximum absolute atomic E-state index is 10.4. The Bertz CT molecular complexity index is 278. The van der Waals surface area contributed by atoms with Gasteiger partial charge in [0.05, 0.1) is 5.56 Å². The summed E-state index contributed by atoms with van der Waals surface area (Å²) in [6.07, 6.45) is 1.56. The van der Waals surface area contributed by atoms with Crippen LogP contribution in [-0.4, -0.2) is 22.7 Å². The van der Waals surface area contributed by atoms with Crippen molar-refractivity contribution < 1.29 is 9.90 Å². The lowest BCUT2D eigenvalue weighted by molar-refractivity contribution is 0.0697. The molecule has 2 N–H and O–H groups in total. The molecule has 0 fully saturated rings. The first-order valence-electron chi connectivity index (χ1n) is 3.22. The number of nitrogens with zero attached hydrogens (tertiary/aromatic N) is 1. The van der Waals surface area contributed by atoms with Crippen molar-refractivity contribution in [3.63, 3.8) is 0 Å². The molecule has 0 aliphatic heterocycles.